The Morgan fingerprint density at radius 3 is 2.14 bits per heavy atom. The highest BCUT2D eigenvalue weighted by molar-refractivity contribution is 6.36. The molecule has 1 unspecified atom stereocenters. The molecule has 4 nitrogen and oxygen atoms in total. The van der Waals surface area contributed by atoms with Crippen LogP contribution in [0.2, 0.25) is 10.0 Å². The smallest absolute Gasteiger partial charge is 0.251 e. The Balaban J connectivity index is 1.44. The molecule has 42 heavy (non-hydrogen) atoms. The van der Waals surface area contributed by atoms with Gasteiger partial charge in [-0.05, 0) is 65.3 Å². The van der Waals surface area contributed by atoms with E-state index >= 15 is 0 Å². The minimum absolute atomic E-state index is 0.0287. The number of nitrogens with one attached hydrogen (secondary N) is 1. The number of amides is 1. The Kier molecular flexibility index (Phi) is 8.86. The molecule has 1 atom stereocenters. The third-order valence-electron chi connectivity index (χ3n) is 7.47. The molecule has 214 valence electrons. The van der Waals surface area contributed by atoms with Crippen LogP contribution in [0.15, 0.2) is 102 Å². The number of aromatic nitrogens is 1. The molecule has 0 saturated carbocycles. The number of hydrogen-bond acceptors (Lipinski definition) is 3. The number of benzene rings is 4. The molecule has 0 bridgehead atoms. The molecule has 0 spiro atoms. The minimum Gasteiger partial charge on any atom is -0.356 e. The van der Waals surface area contributed by atoms with Gasteiger partial charge in [-0.15, -0.1) is 0 Å². The van der Waals surface area contributed by atoms with Crippen LogP contribution in [0, 0.1) is 0 Å². The molecule has 0 saturated heterocycles. The van der Waals surface area contributed by atoms with Gasteiger partial charge in [0.15, 0.2) is 5.76 Å². The second-order valence-corrected chi connectivity index (χ2v) is 12.3. The van der Waals surface area contributed by atoms with Crippen molar-refractivity contribution in [1.29, 1.82) is 0 Å². The third-order valence-corrected chi connectivity index (χ3v) is 8.02. The summed E-state index contributed by atoms with van der Waals surface area (Å²) in [6.07, 6.45) is 0.713. The number of carbonyl (C=O) groups excluding carboxylic acids is 1. The van der Waals surface area contributed by atoms with E-state index in [1.807, 2.05) is 73.7 Å². The van der Waals surface area contributed by atoms with Crippen LogP contribution in [0.5, 0.6) is 0 Å². The van der Waals surface area contributed by atoms with Crippen molar-refractivity contribution in [2.24, 2.45) is 0 Å². The van der Waals surface area contributed by atoms with Gasteiger partial charge in [-0.1, -0.05) is 116 Å². The second kappa shape index (κ2) is 12.6. The van der Waals surface area contributed by atoms with Gasteiger partial charge in [0, 0.05) is 45.3 Å². The summed E-state index contributed by atoms with van der Waals surface area (Å²) in [6.45, 7) is 9.15. The van der Waals surface area contributed by atoms with Crippen LogP contribution in [-0.2, 0) is 11.8 Å². The van der Waals surface area contributed by atoms with Gasteiger partial charge in [0.2, 0.25) is 0 Å². The van der Waals surface area contributed by atoms with Gasteiger partial charge in [-0.25, -0.2) is 0 Å². The van der Waals surface area contributed by atoms with E-state index in [0.29, 0.717) is 34.3 Å². The zero-order valence-corrected chi connectivity index (χ0v) is 25.8. The van der Waals surface area contributed by atoms with E-state index in [0.717, 1.165) is 33.5 Å². The van der Waals surface area contributed by atoms with Gasteiger partial charge >= 0.3 is 0 Å². The first kappa shape index (κ1) is 29.6. The highest BCUT2D eigenvalue weighted by Gasteiger charge is 2.22. The standard InChI is InChI=1S/C36H34Cl2N2O2/c1-5-39-35(41)27-8-6-23(7-9-27)20-31(25-14-16-28(17-15-25)36(2,3)4)33-22-34(42-40-33)26-12-10-24(11-13-26)30-19-18-29(37)21-32(30)38/h6-19,21-22,31H,5,20H2,1-4H3,(H,39,41). The average molecular weight is 598 g/mol. The lowest BCUT2D eigenvalue weighted by atomic mass is 9.83. The Bertz CT molecular complexity index is 1670. The monoisotopic (exact) mass is 596 g/mol. The highest BCUT2D eigenvalue weighted by atomic mass is 35.5. The maximum Gasteiger partial charge on any atom is 0.251 e. The molecule has 0 aliphatic heterocycles. The van der Waals surface area contributed by atoms with E-state index in [-0.39, 0.29) is 17.2 Å². The molecule has 1 heterocycles. The van der Waals surface area contributed by atoms with Crippen LogP contribution in [0.4, 0.5) is 0 Å². The van der Waals surface area contributed by atoms with Crippen molar-refractivity contribution in [3.05, 3.63) is 135 Å². The lowest BCUT2D eigenvalue weighted by Crippen LogP contribution is -2.22. The first-order chi connectivity index (χ1) is 20.1. The molecular weight excluding hydrogens is 563 g/mol. The quantitative estimate of drug-likeness (QED) is 0.194. The van der Waals surface area contributed by atoms with Gasteiger partial charge in [0.05, 0.1) is 5.69 Å². The van der Waals surface area contributed by atoms with E-state index in [1.165, 1.54) is 5.56 Å². The molecule has 4 aromatic carbocycles. The molecule has 0 radical (unpaired) electrons. The number of rotatable bonds is 8. The fraction of sp³-hybridized carbons (Fsp3) is 0.222. The first-order valence-corrected chi connectivity index (χ1v) is 14.9. The summed E-state index contributed by atoms with van der Waals surface area (Å²) < 4.78 is 5.88. The fourth-order valence-electron chi connectivity index (χ4n) is 5.03. The van der Waals surface area contributed by atoms with Crippen molar-refractivity contribution in [2.45, 2.75) is 45.4 Å². The Morgan fingerprint density at radius 2 is 1.52 bits per heavy atom. The van der Waals surface area contributed by atoms with E-state index in [4.69, 9.17) is 27.7 Å². The first-order valence-electron chi connectivity index (χ1n) is 14.1. The van der Waals surface area contributed by atoms with Crippen LogP contribution in [0.1, 0.15) is 66.4 Å². The van der Waals surface area contributed by atoms with Gasteiger partial charge in [0.25, 0.3) is 5.91 Å². The summed E-state index contributed by atoms with van der Waals surface area (Å²) in [7, 11) is 0. The molecule has 1 amide bonds. The summed E-state index contributed by atoms with van der Waals surface area (Å²) in [5, 5.41) is 8.60. The van der Waals surface area contributed by atoms with E-state index in [9.17, 15) is 4.79 Å². The zero-order chi connectivity index (χ0) is 29.9. The topological polar surface area (TPSA) is 55.1 Å². The molecule has 5 aromatic rings. The minimum atomic E-state index is -0.0659. The molecule has 1 aromatic heterocycles. The normalized spacial score (nSPS) is 12.2. The molecule has 1 N–H and O–H groups in total. The number of hydrogen-bond donors (Lipinski definition) is 1. The van der Waals surface area contributed by atoms with Crippen LogP contribution in [0.3, 0.4) is 0 Å². The van der Waals surface area contributed by atoms with Crippen molar-refractivity contribution in [2.75, 3.05) is 6.54 Å². The third kappa shape index (κ3) is 6.78. The van der Waals surface area contributed by atoms with Crippen molar-refractivity contribution in [3.8, 4) is 22.5 Å². The maximum atomic E-state index is 12.3. The van der Waals surface area contributed by atoms with Crippen molar-refractivity contribution in [3.63, 3.8) is 0 Å². The van der Waals surface area contributed by atoms with E-state index in [1.54, 1.807) is 6.07 Å². The second-order valence-electron chi connectivity index (χ2n) is 11.5. The average Bonchev–Trinajstić information content (AvgIpc) is 3.46. The van der Waals surface area contributed by atoms with Crippen molar-refractivity contribution in [1.82, 2.24) is 10.5 Å². The summed E-state index contributed by atoms with van der Waals surface area (Å²) in [6, 6.07) is 32.1. The predicted octanol–water partition coefficient (Wildman–Crippen LogP) is 9.74. The SMILES string of the molecule is CCNC(=O)c1ccc(CC(c2ccc(C(C)(C)C)cc2)c2cc(-c3ccc(-c4ccc(Cl)cc4Cl)cc3)on2)cc1. The summed E-state index contributed by atoms with van der Waals surface area (Å²) in [4.78, 5) is 12.3. The van der Waals surface area contributed by atoms with Gasteiger partial charge in [-0.2, -0.15) is 0 Å². The largest absolute Gasteiger partial charge is 0.356 e. The molecule has 0 fully saturated rings. The number of halogens is 2. The Morgan fingerprint density at radius 1 is 0.857 bits per heavy atom. The lowest BCUT2D eigenvalue weighted by Gasteiger charge is -2.21. The molecular formula is C36H34Cl2N2O2. The van der Waals surface area contributed by atoms with Gasteiger partial charge < -0.3 is 9.84 Å². The number of carbonyl (C=O) groups is 1. The van der Waals surface area contributed by atoms with Crippen LogP contribution in [0.25, 0.3) is 22.5 Å². The molecule has 6 heteroatoms. The van der Waals surface area contributed by atoms with E-state index in [2.05, 4.69) is 55.5 Å². The van der Waals surface area contributed by atoms with Crippen molar-refractivity contribution < 1.29 is 9.32 Å². The van der Waals surface area contributed by atoms with Crippen LogP contribution >= 0.6 is 23.2 Å². The van der Waals surface area contributed by atoms with Crippen LogP contribution in [-0.4, -0.2) is 17.6 Å². The number of nitrogens with zero attached hydrogens (tertiary/aromatic N) is 1. The maximum absolute atomic E-state index is 12.3. The Hall–Kier alpha value is -3.86. The van der Waals surface area contributed by atoms with Crippen LogP contribution < -0.4 is 5.32 Å². The summed E-state index contributed by atoms with van der Waals surface area (Å²) in [5.74, 6) is 0.601. The molecule has 5 rings (SSSR count). The van der Waals surface area contributed by atoms with E-state index < -0.39 is 0 Å². The highest BCUT2D eigenvalue weighted by Crippen LogP contribution is 2.35. The molecule has 0 aliphatic rings. The zero-order valence-electron chi connectivity index (χ0n) is 24.2. The fourth-order valence-corrected chi connectivity index (χ4v) is 5.54. The molecule has 0 aliphatic carbocycles. The summed E-state index contributed by atoms with van der Waals surface area (Å²) in [5.41, 5.74) is 7.95. The van der Waals surface area contributed by atoms with Crippen molar-refractivity contribution >= 4 is 29.1 Å². The Labute approximate surface area is 257 Å². The predicted molar refractivity (Wildman–Crippen MR) is 173 cm³/mol. The summed E-state index contributed by atoms with van der Waals surface area (Å²) >= 11 is 12.5. The lowest BCUT2D eigenvalue weighted by molar-refractivity contribution is 0.0956. The van der Waals surface area contributed by atoms with Gasteiger partial charge in [-0.3, -0.25) is 4.79 Å². The van der Waals surface area contributed by atoms with Gasteiger partial charge in [0.1, 0.15) is 0 Å².